The smallest absolute Gasteiger partial charge is 0.172 e. The van der Waals surface area contributed by atoms with E-state index in [0.29, 0.717) is 22.3 Å². The minimum absolute atomic E-state index is 0.0526. The summed E-state index contributed by atoms with van der Waals surface area (Å²) in [4.78, 5) is 21.9. The van der Waals surface area contributed by atoms with Crippen LogP contribution in [-0.2, 0) is 21.7 Å². The maximum Gasteiger partial charge on any atom is 0.172 e. The molecule has 0 unspecified atom stereocenters. The van der Waals surface area contributed by atoms with Crippen LogP contribution in [0.4, 0.5) is 0 Å². The highest BCUT2D eigenvalue weighted by molar-refractivity contribution is 6.34. The molecule has 0 N–H and O–H groups in total. The van der Waals surface area contributed by atoms with E-state index in [2.05, 4.69) is 156 Å². The minimum Gasteiger partial charge on any atom is -0.449 e. The number of hydrogen-bond donors (Lipinski definition) is 0. The average Bonchev–Trinajstić information content (AvgIpc) is 3.25. The van der Waals surface area contributed by atoms with Gasteiger partial charge in [0.05, 0.1) is 44.1 Å². The topological polar surface area (TPSA) is 77.8 Å². The Morgan fingerprint density at radius 2 is 0.500 bits per heavy atom. The Labute approximate surface area is 382 Å². The number of fused-ring (bicyclic) bond motifs is 10. The fourth-order valence-corrected chi connectivity index (χ4v) is 10.6. The summed E-state index contributed by atoms with van der Waals surface area (Å²) in [5.41, 5.74) is 13.8. The second-order valence-electron chi connectivity index (χ2n) is 23.2. The van der Waals surface area contributed by atoms with Crippen molar-refractivity contribution in [3.05, 3.63) is 119 Å². The number of benzene rings is 10. The van der Waals surface area contributed by atoms with Gasteiger partial charge in [-0.1, -0.05) is 132 Å². The molecular weight excluding hydrogens is 809 g/mol. The summed E-state index contributed by atoms with van der Waals surface area (Å²) in [6.07, 6.45) is 0. The molecule has 0 fully saturated rings. The molecule has 0 amide bonds. The van der Waals surface area contributed by atoms with Crippen LogP contribution in [-0.4, -0.2) is 19.9 Å². The highest BCUT2D eigenvalue weighted by Crippen LogP contribution is 2.46. The first-order valence-electron chi connectivity index (χ1n) is 23.4. The van der Waals surface area contributed by atoms with Gasteiger partial charge in [-0.05, 0) is 111 Å². The predicted molar refractivity (Wildman–Crippen MR) is 278 cm³/mol. The van der Waals surface area contributed by atoms with E-state index in [1.54, 1.807) is 0 Å². The first-order valence-corrected chi connectivity index (χ1v) is 23.4. The molecule has 0 spiro atoms. The van der Waals surface area contributed by atoms with Crippen molar-refractivity contribution in [1.82, 2.24) is 19.9 Å². The van der Waals surface area contributed by atoms with Crippen molar-refractivity contribution in [2.24, 2.45) is 0 Å². The van der Waals surface area contributed by atoms with Gasteiger partial charge < -0.3 is 8.83 Å². The Bertz CT molecular complexity index is 3760. The van der Waals surface area contributed by atoms with Gasteiger partial charge in [-0.15, -0.1) is 0 Å². The van der Waals surface area contributed by atoms with Crippen LogP contribution >= 0.6 is 0 Å². The van der Waals surface area contributed by atoms with Gasteiger partial charge in [0, 0.05) is 45.8 Å². The van der Waals surface area contributed by atoms with Crippen molar-refractivity contribution in [2.75, 3.05) is 0 Å². The Morgan fingerprint density at radius 3 is 0.697 bits per heavy atom. The van der Waals surface area contributed by atoms with E-state index in [0.717, 1.165) is 65.7 Å². The molecule has 3 aromatic heterocycles. The van der Waals surface area contributed by atoms with E-state index in [9.17, 15) is 0 Å². The molecule has 324 valence electrons. The van der Waals surface area contributed by atoms with Crippen molar-refractivity contribution in [2.45, 2.75) is 105 Å². The molecule has 13 rings (SSSR count). The van der Waals surface area contributed by atoms with Crippen LogP contribution in [0.2, 0.25) is 0 Å². The number of aromatic nitrogens is 4. The van der Waals surface area contributed by atoms with Gasteiger partial charge >= 0.3 is 0 Å². The van der Waals surface area contributed by atoms with Crippen LogP contribution in [0.15, 0.2) is 106 Å². The Balaban J connectivity index is 1.09. The van der Waals surface area contributed by atoms with E-state index in [1.807, 2.05) is 24.3 Å². The van der Waals surface area contributed by atoms with Crippen molar-refractivity contribution >= 4 is 131 Å². The van der Waals surface area contributed by atoms with Crippen LogP contribution in [0.1, 0.15) is 105 Å². The molecule has 0 saturated carbocycles. The lowest BCUT2D eigenvalue weighted by Gasteiger charge is -2.24. The quantitative estimate of drug-likeness (QED) is 0.112. The average molecular weight is 861 g/mol. The molecule has 3 heterocycles. The van der Waals surface area contributed by atoms with Crippen LogP contribution in [0, 0.1) is 0 Å². The molecule has 66 heavy (non-hydrogen) atoms. The molecule has 0 atom stereocenters. The van der Waals surface area contributed by atoms with Gasteiger partial charge in [-0.3, -0.25) is 0 Å². The number of nitrogens with zero attached hydrogens (tertiary/aromatic N) is 4. The van der Waals surface area contributed by atoms with E-state index in [1.165, 1.54) is 65.3 Å². The summed E-state index contributed by atoms with van der Waals surface area (Å²) in [5, 5.41) is 14.3. The predicted octanol–water partition coefficient (Wildman–Crippen LogP) is 16.9. The standard InChI is InChI=1S/C60H52N4O2/c1-57(2,3)33-17-29-13-14-30-18-34(58(4,5)6)22-38-50(30)49(29)37(21-33)53-54(38)62-42-26-46-45(25-41(42)61-53)65-47-27-43-44(28-48(47)66-46)64-56-40-24-36(60(10,11)12)20-32-16-15-31-19-35(59(7,8)9)23-39(55(56)63-43)51(31)52(32)40/h13-28H,1-12H3. The Hall–Kier alpha value is -6.92. The molecule has 0 aliphatic carbocycles. The molecule has 0 aliphatic rings. The summed E-state index contributed by atoms with van der Waals surface area (Å²) in [5.74, 6) is 0. The Morgan fingerprint density at radius 1 is 0.288 bits per heavy atom. The van der Waals surface area contributed by atoms with Crippen LogP contribution in [0.25, 0.3) is 131 Å². The Kier molecular flexibility index (Phi) is 7.47. The zero-order chi connectivity index (χ0) is 45.7. The van der Waals surface area contributed by atoms with E-state index < -0.39 is 0 Å². The summed E-state index contributed by atoms with van der Waals surface area (Å²) in [6.45, 7) is 27.3. The summed E-state index contributed by atoms with van der Waals surface area (Å²) < 4.78 is 13.6. The van der Waals surface area contributed by atoms with Crippen molar-refractivity contribution in [3.63, 3.8) is 0 Å². The molecule has 0 aliphatic heterocycles. The molecule has 0 bridgehead atoms. The molecular formula is C60H52N4O2. The van der Waals surface area contributed by atoms with Gasteiger partial charge in [0.25, 0.3) is 0 Å². The van der Waals surface area contributed by atoms with Gasteiger partial charge in [0.2, 0.25) is 0 Å². The molecule has 0 saturated heterocycles. The zero-order valence-electron chi connectivity index (χ0n) is 39.8. The molecule has 0 radical (unpaired) electrons. The minimum atomic E-state index is -0.0526. The highest BCUT2D eigenvalue weighted by atomic mass is 16.4. The largest absolute Gasteiger partial charge is 0.449 e. The molecule has 10 aromatic carbocycles. The normalized spacial score (nSPS) is 13.8. The van der Waals surface area contributed by atoms with Crippen LogP contribution in [0.3, 0.4) is 0 Å². The molecule has 13 aromatic rings. The summed E-state index contributed by atoms with van der Waals surface area (Å²) in [7, 11) is 0. The van der Waals surface area contributed by atoms with E-state index in [-0.39, 0.29) is 21.7 Å². The number of rotatable bonds is 0. The van der Waals surface area contributed by atoms with E-state index >= 15 is 0 Å². The molecule has 6 nitrogen and oxygen atoms in total. The van der Waals surface area contributed by atoms with Crippen LogP contribution < -0.4 is 0 Å². The summed E-state index contributed by atoms with van der Waals surface area (Å²) >= 11 is 0. The second kappa shape index (κ2) is 12.5. The van der Waals surface area contributed by atoms with Gasteiger partial charge in [-0.2, -0.15) is 0 Å². The maximum absolute atomic E-state index is 6.78. The van der Waals surface area contributed by atoms with Crippen LogP contribution in [0.5, 0.6) is 0 Å². The second-order valence-corrected chi connectivity index (χ2v) is 23.2. The monoisotopic (exact) mass is 860 g/mol. The van der Waals surface area contributed by atoms with Crippen molar-refractivity contribution in [3.8, 4) is 0 Å². The van der Waals surface area contributed by atoms with Crippen molar-refractivity contribution in [1.29, 1.82) is 0 Å². The fraction of sp³-hybridized carbons (Fsp3) is 0.267. The van der Waals surface area contributed by atoms with Crippen molar-refractivity contribution < 1.29 is 8.83 Å². The van der Waals surface area contributed by atoms with E-state index in [4.69, 9.17) is 28.8 Å². The molecule has 6 heteroatoms. The maximum atomic E-state index is 6.78. The first kappa shape index (κ1) is 39.4. The fourth-order valence-electron chi connectivity index (χ4n) is 10.6. The zero-order valence-corrected chi connectivity index (χ0v) is 39.8. The third kappa shape index (κ3) is 5.60. The van der Waals surface area contributed by atoms with Gasteiger partial charge in [-0.25, -0.2) is 19.9 Å². The van der Waals surface area contributed by atoms with Gasteiger partial charge in [0.1, 0.15) is 0 Å². The lowest BCUT2D eigenvalue weighted by Crippen LogP contribution is -2.12. The lowest BCUT2D eigenvalue weighted by atomic mass is 9.80. The third-order valence-electron chi connectivity index (χ3n) is 14.4. The lowest BCUT2D eigenvalue weighted by molar-refractivity contribution is 0.583. The number of hydrogen-bond acceptors (Lipinski definition) is 6. The highest BCUT2D eigenvalue weighted by Gasteiger charge is 2.26. The third-order valence-corrected chi connectivity index (χ3v) is 14.4. The first-order chi connectivity index (χ1) is 31.2. The summed E-state index contributed by atoms with van der Waals surface area (Å²) in [6, 6.07) is 35.8. The van der Waals surface area contributed by atoms with Gasteiger partial charge in [0.15, 0.2) is 22.3 Å². The SMILES string of the molecule is CC(C)(C)c1cc2ccc3cc(C(C)(C)C)cc4c5nc6cc7oc8cc9nc%10c%11cc(C(C)(C)C)cc%12ccc%13cc(C(C)(C)C)cc(c%10nc9cc8oc7cc6nc5c(c1)c2c34)c%13c%12%11.